The first kappa shape index (κ1) is 37.3. The monoisotopic (exact) mass is 792 g/mol. The van der Waals surface area contributed by atoms with Crippen LogP contribution in [0.2, 0.25) is 0 Å². The second kappa shape index (κ2) is 16.3. The van der Waals surface area contributed by atoms with Gasteiger partial charge >= 0.3 is 0 Å². The van der Waals surface area contributed by atoms with Gasteiger partial charge in [-0.2, -0.15) is 10.5 Å². The summed E-state index contributed by atoms with van der Waals surface area (Å²) in [5.74, 6) is 3.06. The molecule has 0 saturated carbocycles. The molecular formula is C54H32N8. The number of hydrogen-bond acceptors (Lipinski definition) is 8. The number of nitrogens with zero attached hydrogens (tertiary/aromatic N) is 8. The predicted molar refractivity (Wildman–Crippen MR) is 244 cm³/mol. The second-order valence-electron chi connectivity index (χ2n) is 14.5. The Morgan fingerprint density at radius 3 is 1.06 bits per heavy atom. The van der Waals surface area contributed by atoms with Crippen molar-refractivity contribution < 1.29 is 0 Å². The van der Waals surface area contributed by atoms with Crippen LogP contribution in [0.25, 0.3) is 101 Å². The minimum Gasteiger partial charge on any atom is -0.208 e. The smallest absolute Gasteiger partial charge is 0.164 e. The molecule has 2 heterocycles. The van der Waals surface area contributed by atoms with Crippen molar-refractivity contribution in [2.24, 2.45) is 0 Å². The fourth-order valence-corrected chi connectivity index (χ4v) is 7.65. The number of fused-ring (bicyclic) bond motifs is 1. The van der Waals surface area contributed by atoms with Crippen LogP contribution >= 0.6 is 0 Å². The van der Waals surface area contributed by atoms with E-state index in [0.717, 1.165) is 44.2 Å². The molecule has 0 saturated heterocycles. The van der Waals surface area contributed by atoms with Crippen LogP contribution in [0.15, 0.2) is 194 Å². The number of hydrogen-bond donors (Lipinski definition) is 0. The molecule has 0 unspecified atom stereocenters. The standard InChI is InChI=1S/C54H32N8/c55-33-42-27-25-40(53-59-49(36-16-5-1-6-17-36)57-50(60-53)37-18-7-2-8-19-37)31-46(42)45-30-29-35-15-13-14-24-44(35)48(45)47-32-41(26-28-43(47)34-56)54-61-51(38-20-9-3-10-21-38)58-52(62-54)39-22-11-4-12-23-39/h1-32H. The largest absolute Gasteiger partial charge is 0.208 e. The number of rotatable bonds is 8. The van der Waals surface area contributed by atoms with Gasteiger partial charge in [-0.3, -0.25) is 0 Å². The fraction of sp³-hybridized carbons (Fsp3) is 0. The van der Waals surface area contributed by atoms with Gasteiger partial charge in [0.05, 0.1) is 23.3 Å². The molecule has 0 bridgehead atoms. The fourth-order valence-electron chi connectivity index (χ4n) is 7.65. The Labute approximate surface area is 357 Å². The molecule has 0 radical (unpaired) electrons. The molecule has 0 aliphatic rings. The van der Waals surface area contributed by atoms with Crippen LogP contribution in [0.4, 0.5) is 0 Å². The van der Waals surface area contributed by atoms with Gasteiger partial charge in [0.25, 0.3) is 0 Å². The van der Waals surface area contributed by atoms with E-state index in [1.165, 1.54) is 0 Å². The van der Waals surface area contributed by atoms with E-state index < -0.39 is 0 Å². The molecule has 62 heavy (non-hydrogen) atoms. The van der Waals surface area contributed by atoms with Crippen LogP contribution in [-0.4, -0.2) is 29.9 Å². The first-order valence-electron chi connectivity index (χ1n) is 20.0. The maximum Gasteiger partial charge on any atom is 0.164 e. The molecule has 10 rings (SSSR count). The highest BCUT2D eigenvalue weighted by molar-refractivity contribution is 6.06. The number of benzene rings is 8. The SMILES string of the molecule is N#Cc1ccc(-c2nc(-c3ccccc3)nc(-c3ccccc3)n2)cc1-c1ccc2ccccc2c1-c1cc(-c2nc(-c3ccccc3)nc(-c3ccccc3)n2)ccc1C#N. The molecule has 10 aromatic rings. The molecule has 2 aromatic heterocycles. The highest BCUT2D eigenvalue weighted by Gasteiger charge is 2.21. The van der Waals surface area contributed by atoms with E-state index >= 15 is 0 Å². The lowest BCUT2D eigenvalue weighted by molar-refractivity contribution is 1.07. The van der Waals surface area contributed by atoms with Crippen LogP contribution in [0.3, 0.4) is 0 Å². The van der Waals surface area contributed by atoms with Crippen LogP contribution in [0.1, 0.15) is 11.1 Å². The predicted octanol–water partition coefficient (Wildman–Crippen LogP) is 12.3. The Balaban J connectivity index is 1.18. The molecule has 0 aliphatic heterocycles. The summed E-state index contributed by atoms with van der Waals surface area (Å²) in [5, 5.41) is 23.3. The third kappa shape index (κ3) is 7.21. The maximum absolute atomic E-state index is 10.7. The number of aromatic nitrogens is 6. The Bertz CT molecular complexity index is 3240. The lowest BCUT2D eigenvalue weighted by atomic mass is 9.85. The maximum atomic E-state index is 10.7. The van der Waals surface area contributed by atoms with Crippen molar-refractivity contribution in [2.75, 3.05) is 0 Å². The summed E-state index contributed by atoms with van der Waals surface area (Å²) in [6, 6.07) is 67.6. The third-order valence-electron chi connectivity index (χ3n) is 10.7. The Hall–Kier alpha value is -8.98. The highest BCUT2D eigenvalue weighted by atomic mass is 15.0. The van der Waals surface area contributed by atoms with Gasteiger partial charge in [-0.1, -0.05) is 158 Å². The van der Waals surface area contributed by atoms with Gasteiger partial charge < -0.3 is 0 Å². The van der Waals surface area contributed by atoms with Crippen LogP contribution in [-0.2, 0) is 0 Å². The summed E-state index contributed by atoms with van der Waals surface area (Å²) < 4.78 is 0. The first-order chi connectivity index (χ1) is 30.6. The zero-order chi connectivity index (χ0) is 41.8. The molecule has 0 N–H and O–H groups in total. The van der Waals surface area contributed by atoms with Gasteiger partial charge in [-0.15, -0.1) is 0 Å². The molecule has 8 aromatic carbocycles. The van der Waals surface area contributed by atoms with E-state index in [0.29, 0.717) is 68.3 Å². The van der Waals surface area contributed by atoms with Crippen molar-refractivity contribution >= 4 is 10.8 Å². The summed E-state index contributed by atoms with van der Waals surface area (Å²) in [4.78, 5) is 29.7. The molecule has 0 aliphatic carbocycles. The summed E-state index contributed by atoms with van der Waals surface area (Å²) in [6.45, 7) is 0. The van der Waals surface area contributed by atoms with Crippen molar-refractivity contribution in [1.29, 1.82) is 10.5 Å². The summed E-state index contributed by atoms with van der Waals surface area (Å²) in [6.07, 6.45) is 0. The molecular weight excluding hydrogens is 761 g/mol. The molecule has 0 spiro atoms. The molecule has 8 nitrogen and oxygen atoms in total. The summed E-state index contributed by atoms with van der Waals surface area (Å²) in [7, 11) is 0. The van der Waals surface area contributed by atoms with Crippen molar-refractivity contribution in [3.8, 4) is 103 Å². The van der Waals surface area contributed by atoms with E-state index in [1.54, 1.807) is 6.07 Å². The number of nitriles is 2. The minimum absolute atomic E-state index is 0.457. The summed E-state index contributed by atoms with van der Waals surface area (Å²) in [5.41, 5.74) is 8.64. The molecule has 8 heteroatoms. The Morgan fingerprint density at radius 2 is 0.645 bits per heavy atom. The topological polar surface area (TPSA) is 125 Å². The van der Waals surface area contributed by atoms with E-state index in [-0.39, 0.29) is 0 Å². The third-order valence-corrected chi connectivity index (χ3v) is 10.7. The first-order valence-corrected chi connectivity index (χ1v) is 20.0. The van der Waals surface area contributed by atoms with Crippen molar-refractivity contribution in [3.05, 3.63) is 205 Å². The zero-order valence-electron chi connectivity index (χ0n) is 33.1. The zero-order valence-corrected chi connectivity index (χ0v) is 33.1. The van der Waals surface area contributed by atoms with Crippen LogP contribution in [0.5, 0.6) is 0 Å². The normalized spacial score (nSPS) is 10.9. The Morgan fingerprint density at radius 1 is 0.290 bits per heavy atom. The van der Waals surface area contributed by atoms with Gasteiger partial charge in [-0.05, 0) is 58.3 Å². The van der Waals surface area contributed by atoms with E-state index in [1.807, 2.05) is 188 Å². The van der Waals surface area contributed by atoms with Gasteiger partial charge in [-0.25, -0.2) is 29.9 Å². The van der Waals surface area contributed by atoms with Gasteiger partial charge in [0, 0.05) is 44.5 Å². The average Bonchev–Trinajstić information content (AvgIpc) is 3.36. The van der Waals surface area contributed by atoms with E-state index in [4.69, 9.17) is 29.9 Å². The van der Waals surface area contributed by atoms with E-state index in [9.17, 15) is 10.5 Å². The van der Waals surface area contributed by atoms with Crippen molar-refractivity contribution in [3.63, 3.8) is 0 Å². The lowest BCUT2D eigenvalue weighted by Crippen LogP contribution is -2.01. The van der Waals surface area contributed by atoms with Crippen LogP contribution in [0, 0.1) is 22.7 Å². The van der Waals surface area contributed by atoms with E-state index in [2.05, 4.69) is 12.1 Å². The molecule has 0 amide bonds. The van der Waals surface area contributed by atoms with Crippen LogP contribution < -0.4 is 0 Å². The second-order valence-corrected chi connectivity index (χ2v) is 14.5. The minimum atomic E-state index is 0.457. The molecule has 0 fully saturated rings. The highest BCUT2D eigenvalue weighted by Crippen LogP contribution is 2.43. The lowest BCUT2D eigenvalue weighted by Gasteiger charge is -2.18. The molecule has 288 valence electrons. The van der Waals surface area contributed by atoms with Gasteiger partial charge in [0.1, 0.15) is 0 Å². The molecule has 0 atom stereocenters. The Kier molecular flexibility index (Phi) is 9.83. The quantitative estimate of drug-likeness (QED) is 0.149. The average molecular weight is 793 g/mol. The van der Waals surface area contributed by atoms with Gasteiger partial charge in [0.15, 0.2) is 34.9 Å². The van der Waals surface area contributed by atoms with Crippen molar-refractivity contribution in [2.45, 2.75) is 0 Å². The van der Waals surface area contributed by atoms with Gasteiger partial charge in [0.2, 0.25) is 0 Å². The van der Waals surface area contributed by atoms with Crippen molar-refractivity contribution in [1.82, 2.24) is 29.9 Å². The summed E-state index contributed by atoms with van der Waals surface area (Å²) >= 11 is 0.